The van der Waals surface area contributed by atoms with Crippen molar-refractivity contribution in [2.45, 2.75) is 51.6 Å². The van der Waals surface area contributed by atoms with E-state index in [-0.39, 0.29) is 24.9 Å². The minimum atomic E-state index is -1.07. The molecule has 0 radical (unpaired) electrons. The standard InChI is InChI=1S/C26H32N2O5/c1-5-23(25(30)31)28(4)24(29)22(14-16(2)3)27-26(32)33-15-21-19-12-8-6-10-17(19)18-11-7-9-13-20(18)21/h6-13,16,21-23H,5,14-15H2,1-4H3,(H,27,32)(H,30,31)/t22-,23?/m1/s1. The third-order valence-corrected chi connectivity index (χ3v) is 6.13. The number of benzene rings is 2. The molecule has 2 N–H and O–H groups in total. The van der Waals surface area contributed by atoms with Crippen molar-refractivity contribution in [3.63, 3.8) is 0 Å². The Balaban J connectivity index is 1.70. The minimum absolute atomic E-state index is 0.0819. The topological polar surface area (TPSA) is 95.9 Å². The molecule has 0 fully saturated rings. The Kier molecular flexibility index (Phi) is 7.74. The van der Waals surface area contributed by atoms with Gasteiger partial charge in [-0.3, -0.25) is 4.79 Å². The van der Waals surface area contributed by atoms with Crippen LogP contribution in [0.15, 0.2) is 48.5 Å². The smallest absolute Gasteiger partial charge is 0.407 e. The summed E-state index contributed by atoms with van der Waals surface area (Å²) in [5.74, 6) is -1.48. The van der Waals surface area contributed by atoms with E-state index < -0.39 is 30.1 Å². The monoisotopic (exact) mass is 452 g/mol. The second-order valence-corrected chi connectivity index (χ2v) is 8.86. The number of fused-ring (bicyclic) bond motifs is 3. The zero-order valence-corrected chi connectivity index (χ0v) is 19.6. The number of carboxylic acids is 1. The van der Waals surface area contributed by atoms with Crippen molar-refractivity contribution in [1.29, 1.82) is 0 Å². The van der Waals surface area contributed by atoms with Gasteiger partial charge in [0.05, 0.1) is 0 Å². The van der Waals surface area contributed by atoms with Crippen LogP contribution in [0.1, 0.15) is 50.7 Å². The Hall–Kier alpha value is -3.35. The Labute approximate surface area is 194 Å². The van der Waals surface area contributed by atoms with Gasteiger partial charge in [0.25, 0.3) is 0 Å². The quantitative estimate of drug-likeness (QED) is 0.593. The third-order valence-electron chi connectivity index (χ3n) is 6.13. The van der Waals surface area contributed by atoms with E-state index >= 15 is 0 Å². The van der Waals surface area contributed by atoms with Crippen molar-refractivity contribution < 1.29 is 24.2 Å². The van der Waals surface area contributed by atoms with Gasteiger partial charge in [0.15, 0.2) is 0 Å². The van der Waals surface area contributed by atoms with Gasteiger partial charge in [0.2, 0.25) is 5.91 Å². The molecule has 2 amide bonds. The number of hydrogen-bond donors (Lipinski definition) is 2. The molecule has 33 heavy (non-hydrogen) atoms. The molecule has 2 aromatic rings. The summed E-state index contributed by atoms with van der Waals surface area (Å²) in [7, 11) is 1.46. The van der Waals surface area contributed by atoms with Crippen LogP contribution < -0.4 is 5.32 Å². The number of rotatable bonds is 9. The van der Waals surface area contributed by atoms with Gasteiger partial charge in [-0.2, -0.15) is 0 Å². The first-order chi connectivity index (χ1) is 15.7. The van der Waals surface area contributed by atoms with Crippen LogP contribution in [-0.4, -0.2) is 53.7 Å². The molecule has 1 aliphatic carbocycles. The van der Waals surface area contributed by atoms with Crippen LogP contribution in [0.2, 0.25) is 0 Å². The molecule has 2 aromatic carbocycles. The number of amides is 2. The van der Waals surface area contributed by atoms with Gasteiger partial charge in [-0.1, -0.05) is 69.3 Å². The minimum Gasteiger partial charge on any atom is -0.480 e. The maximum absolute atomic E-state index is 13.0. The zero-order valence-electron chi connectivity index (χ0n) is 19.6. The van der Waals surface area contributed by atoms with Crippen LogP contribution in [0, 0.1) is 5.92 Å². The molecular formula is C26H32N2O5. The average Bonchev–Trinajstić information content (AvgIpc) is 3.10. The molecule has 0 heterocycles. The van der Waals surface area contributed by atoms with Crippen LogP contribution in [0.25, 0.3) is 11.1 Å². The summed E-state index contributed by atoms with van der Waals surface area (Å²) in [6.07, 6.45) is -0.0343. The summed E-state index contributed by atoms with van der Waals surface area (Å²) >= 11 is 0. The van der Waals surface area contributed by atoms with E-state index in [1.807, 2.05) is 50.2 Å². The molecule has 7 heteroatoms. The molecule has 0 saturated carbocycles. The summed E-state index contributed by atoms with van der Waals surface area (Å²) in [5.41, 5.74) is 4.48. The Morgan fingerprint density at radius 1 is 1.03 bits per heavy atom. The fourth-order valence-electron chi connectivity index (χ4n) is 4.49. The molecule has 0 saturated heterocycles. The van der Waals surface area contributed by atoms with Crippen LogP contribution in [-0.2, 0) is 14.3 Å². The van der Waals surface area contributed by atoms with Crippen LogP contribution >= 0.6 is 0 Å². The SMILES string of the molecule is CCC(C(=O)O)N(C)C(=O)[C@@H](CC(C)C)NC(=O)OCC1c2ccccc2-c2ccccc21. The van der Waals surface area contributed by atoms with Crippen molar-refractivity contribution in [2.75, 3.05) is 13.7 Å². The van der Waals surface area contributed by atoms with E-state index in [1.54, 1.807) is 6.92 Å². The molecule has 0 spiro atoms. The number of carbonyl (C=O) groups is 3. The molecule has 3 rings (SSSR count). The number of aliphatic carboxylic acids is 1. The van der Waals surface area contributed by atoms with E-state index in [1.165, 1.54) is 11.9 Å². The Bertz CT molecular complexity index is 974. The lowest BCUT2D eigenvalue weighted by Crippen LogP contribution is -2.52. The van der Waals surface area contributed by atoms with E-state index in [2.05, 4.69) is 17.4 Å². The van der Waals surface area contributed by atoms with Gasteiger partial charge in [0.1, 0.15) is 18.7 Å². The number of ether oxygens (including phenoxy) is 1. The van der Waals surface area contributed by atoms with Crippen molar-refractivity contribution >= 4 is 18.0 Å². The molecular weight excluding hydrogens is 420 g/mol. The molecule has 1 aliphatic rings. The first-order valence-electron chi connectivity index (χ1n) is 11.4. The van der Waals surface area contributed by atoms with Crippen molar-refractivity contribution in [3.05, 3.63) is 59.7 Å². The van der Waals surface area contributed by atoms with Crippen LogP contribution in [0.5, 0.6) is 0 Å². The highest BCUT2D eigenvalue weighted by molar-refractivity contribution is 5.89. The maximum Gasteiger partial charge on any atom is 0.407 e. The van der Waals surface area contributed by atoms with E-state index in [0.717, 1.165) is 22.3 Å². The van der Waals surface area contributed by atoms with E-state index in [0.29, 0.717) is 6.42 Å². The van der Waals surface area contributed by atoms with Gasteiger partial charge < -0.3 is 20.1 Å². The molecule has 7 nitrogen and oxygen atoms in total. The largest absolute Gasteiger partial charge is 0.480 e. The Morgan fingerprint density at radius 3 is 2.06 bits per heavy atom. The van der Waals surface area contributed by atoms with Gasteiger partial charge in [-0.25, -0.2) is 9.59 Å². The normalized spacial score (nSPS) is 14.2. The molecule has 0 aliphatic heterocycles. The number of carboxylic acid groups (broad SMARTS) is 1. The van der Waals surface area contributed by atoms with Crippen LogP contribution in [0.4, 0.5) is 4.79 Å². The van der Waals surface area contributed by atoms with Crippen molar-refractivity contribution in [2.24, 2.45) is 5.92 Å². The lowest BCUT2D eigenvalue weighted by atomic mass is 9.98. The summed E-state index contributed by atoms with van der Waals surface area (Å²) in [6.45, 7) is 5.73. The summed E-state index contributed by atoms with van der Waals surface area (Å²) in [6, 6.07) is 14.3. The fourth-order valence-corrected chi connectivity index (χ4v) is 4.49. The van der Waals surface area contributed by atoms with Gasteiger partial charge >= 0.3 is 12.1 Å². The van der Waals surface area contributed by atoms with Crippen LogP contribution in [0.3, 0.4) is 0 Å². The fraction of sp³-hybridized carbons (Fsp3) is 0.423. The number of likely N-dealkylation sites (N-methyl/N-ethyl adjacent to an activating group) is 1. The average molecular weight is 453 g/mol. The van der Waals surface area contributed by atoms with Crippen molar-refractivity contribution in [3.8, 4) is 11.1 Å². The predicted octanol–water partition coefficient (Wildman–Crippen LogP) is 4.26. The number of carbonyl (C=O) groups excluding carboxylic acids is 2. The number of alkyl carbamates (subject to hydrolysis) is 1. The second kappa shape index (κ2) is 10.5. The van der Waals surface area contributed by atoms with Crippen molar-refractivity contribution in [1.82, 2.24) is 10.2 Å². The molecule has 176 valence electrons. The molecule has 2 atom stereocenters. The van der Waals surface area contributed by atoms with Gasteiger partial charge in [-0.15, -0.1) is 0 Å². The summed E-state index contributed by atoms with van der Waals surface area (Å²) in [5, 5.41) is 12.1. The summed E-state index contributed by atoms with van der Waals surface area (Å²) < 4.78 is 5.58. The number of nitrogens with zero attached hydrogens (tertiary/aromatic N) is 1. The van der Waals surface area contributed by atoms with E-state index in [9.17, 15) is 19.5 Å². The number of nitrogens with one attached hydrogen (secondary N) is 1. The third kappa shape index (κ3) is 5.35. The molecule has 0 bridgehead atoms. The highest BCUT2D eigenvalue weighted by Gasteiger charge is 2.33. The number of hydrogen-bond acceptors (Lipinski definition) is 4. The molecule has 1 unspecified atom stereocenters. The Morgan fingerprint density at radius 2 is 1.58 bits per heavy atom. The highest BCUT2D eigenvalue weighted by Crippen LogP contribution is 2.44. The maximum atomic E-state index is 13.0. The zero-order chi connectivity index (χ0) is 24.1. The molecule has 0 aromatic heterocycles. The first kappa shape index (κ1) is 24.3. The van der Waals surface area contributed by atoms with E-state index in [4.69, 9.17) is 4.74 Å². The predicted molar refractivity (Wildman–Crippen MR) is 126 cm³/mol. The lowest BCUT2D eigenvalue weighted by Gasteiger charge is -2.29. The second-order valence-electron chi connectivity index (χ2n) is 8.86. The highest BCUT2D eigenvalue weighted by atomic mass is 16.5. The van der Waals surface area contributed by atoms with Gasteiger partial charge in [-0.05, 0) is 41.0 Å². The first-order valence-corrected chi connectivity index (χ1v) is 11.4. The summed E-state index contributed by atoms with van der Waals surface area (Å²) in [4.78, 5) is 38.4. The van der Waals surface area contributed by atoms with Gasteiger partial charge in [0, 0.05) is 13.0 Å². The lowest BCUT2D eigenvalue weighted by molar-refractivity contribution is -0.150.